The van der Waals surface area contributed by atoms with Crippen LogP contribution in [0.3, 0.4) is 0 Å². The summed E-state index contributed by atoms with van der Waals surface area (Å²) in [6.07, 6.45) is 9.81. The second kappa shape index (κ2) is 9.57. The summed E-state index contributed by atoms with van der Waals surface area (Å²) < 4.78 is 0. The summed E-state index contributed by atoms with van der Waals surface area (Å²) in [6, 6.07) is 0. The molecule has 0 saturated carbocycles. The molecule has 0 nitrogen and oxygen atoms in total. The number of hydrogen-bond acceptors (Lipinski definition) is 0. The van der Waals surface area contributed by atoms with Gasteiger partial charge in [0.05, 0.1) is 0 Å². The van der Waals surface area contributed by atoms with Crippen molar-refractivity contribution in [2.45, 2.75) is 58.8 Å². The molecule has 0 heterocycles. The van der Waals surface area contributed by atoms with Crippen LogP contribution in [0, 0.1) is 5.92 Å². The lowest BCUT2D eigenvalue weighted by Crippen LogP contribution is -2.01. The van der Waals surface area contributed by atoms with E-state index in [1.54, 1.807) is 0 Å². The fourth-order valence-electron chi connectivity index (χ4n) is 1.57. The normalized spacial score (nSPS) is 11.0. The average molecular weight is 235 g/mol. The largest absolute Gasteiger partial charge is 0.0928 e. The molecule has 0 aliphatic rings. The highest BCUT2D eigenvalue weighted by molar-refractivity contribution is 9.09. The molecule has 0 rings (SSSR count). The van der Waals surface area contributed by atoms with Crippen molar-refractivity contribution in [2.75, 3.05) is 5.33 Å². The van der Waals surface area contributed by atoms with E-state index in [-0.39, 0.29) is 0 Å². The van der Waals surface area contributed by atoms with Gasteiger partial charge in [-0.1, -0.05) is 68.3 Å². The van der Waals surface area contributed by atoms with Crippen LogP contribution < -0.4 is 0 Å². The highest BCUT2D eigenvalue weighted by Gasteiger charge is 2.05. The van der Waals surface area contributed by atoms with E-state index in [1.807, 2.05) is 0 Å². The van der Waals surface area contributed by atoms with Gasteiger partial charge in [0.15, 0.2) is 0 Å². The third kappa shape index (κ3) is 7.15. The molecule has 0 bridgehead atoms. The minimum absolute atomic E-state index is 0.990. The Balaban J connectivity index is 3.40. The molecule has 0 atom stereocenters. The van der Waals surface area contributed by atoms with E-state index in [2.05, 4.69) is 29.8 Å². The Kier molecular flexibility index (Phi) is 9.95. The van der Waals surface area contributed by atoms with Gasteiger partial charge in [0.2, 0.25) is 0 Å². The first kappa shape index (κ1) is 12.5. The molecule has 0 unspecified atom stereocenters. The predicted octanol–water partition coefficient (Wildman–Crippen LogP) is 4.77. The van der Waals surface area contributed by atoms with Crippen molar-refractivity contribution >= 4 is 15.9 Å². The molecule has 0 N–H and O–H groups in total. The van der Waals surface area contributed by atoms with Crippen LogP contribution in [0.5, 0.6) is 0 Å². The van der Waals surface area contributed by atoms with Crippen molar-refractivity contribution in [3.8, 4) is 0 Å². The van der Waals surface area contributed by atoms with Crippen LogP contribution in [0.25, 0.3) is 0 Å². The summed E-state index contributed by atoms with van der Waals surface area (Å²) in [5.41, 5.74) is 0. The fraction of sp³-hybridized carbons (Fsp3) is 1.00. The minimum Gasteiger partial charge on any atom is -0.0928 e. The van der Waals surface area contributed by atoms with Crippen LogP contribution in [0.4, 0.5) is 0 Å². The molecule has 1 heteroatoms. The van der Waals surface area contributed by atoms with Gasteiger partial charge in [0, 0.05) is 5.33 Å². The van der Waals surface area contributed by atoms with Crippen LogP contribution in [0.1, 0.15) is 58.8 Å². The topological polar surface area (TPSA) is 0 Å². The van der Waals surface area contributed by atoms with Crippen molar-refractivity contribution in [3.63, 3.8) is 0 Å². The second-order valence-corrected chi connectivity index (χ2v) is 4.42. The summed E-state index contributed by atoms with van der Waals surface area (Å²) in [6.45, 7) is 4.57. The Morgan fingerprint density at radius 2 is 1.42 bits per heavy atom. The average Bonchev–Trinajstić information content (AvgIpc) is 2.10. The van der Waals surface area contributed by atoms with E-state index in [0.717, 1.165) is 5.92 Å². The van der Waals surface area contributed by atoms with E-state index in [1.165, 1.54) is 50.3 Å². The van der Waals surface area contributed by atoms with E-state index < -0.39 is 0 Å². The Hall–Kier alpha value is 0.480. The van der Waals surface area contributed by atoms with Crippen molar-refractivity contribution < 1.29 is 0 Å². The Bertz CT molecular complexity index is 73.1. The Morgan fingerprint density at radius 1 is 0.917 bits per heavy atom. The third-order valence-corrected chi connectivity index (χ3v) is 2.91. The zero-order chi connectivity index (χ0) is 9.23. The van der Waals surface area contributed by atoms with E-state index in [0.29, 0.717) is 0 Å². The number of alkyl halides is 1. The summed E-state index contributed by atoms with van der Waals surface area (Å²) in [4.78, 5) is 0. The van der Waals surface area contributed by atoms with Crippen molar-refractivity contribution in [3.05, 3.63) is 0 Å². The van der Waals surface area contributed by atoms with Gasteiger partial charge in [-0.15, -0.1) is 0 Å². The van der Waals surface area contributed by atoms with Crippen molar-refractivity contribution in [1.82, 2.24) is 0 Å². The monoisotopic (exact) mass is 234 g/mol. The molecule has 0 aromatic carbocycles. The van der Waals surface area contributed by atoms with Crippen LogP contribution in [0.2, 0.25) is 0 Å². The van der Waals surface area contributed by atoms with Gasteiger partial charge in [-0.2, -0.15) is 0 Å². The molecule has 0 radical (unpaired) electrons. The lowest BCUT2D eigenvalue weighted by molar-refractivity contribution is 0.411. The summed E-state index contributed by atoms with van der Waals surface area (Å²) in [5.74, 6) is 0.990. The van der Waals surface area contributed by atoms with Gasteiger partial charge >= 0.3 is 0 Å². The van der Waals surface area contributed by atoms with Gasteiger partial charge in [-0.25, -0.2) is 0 Å². The molecule has 0 aromatic heterocycles. The lowest BCUT2D eigenvalue weighted by atomic mass is 9.94. The smallest absolute Gasteiger partial charge is 0.00339 e. The molecule has 0 amide bonds. The zero-order valence-electron chi connectivity index (χ0n) is 8.61. The maximum Gasteiger partial charge on any atom is 0.00339 e. The molecule has 0 saturated heterocycles. The third-order valence-electron chi connectivity index (χ3n) is 2.45. The van der Waals surface area contributed by atoms with Crippen molar-refractivity contribution in [1.29, 1.82) is 0 Å². The SMILES string of the molecule is CCCCC(CCBr)CCCC. The highest BCUT2D eigenvalue weighted by atomic mass is 79.9. The first-order valence-corrected chi connectivity index (χ1v) is 6.53. The molecular formula is C11H23Br. The van der Waals surface area contributed by atoms with E-state index in [4.69, 9.17) is 0 Å². The van der Waals surface area contributed by atoms with Gasteiger partial charge in [0.1, 0.15) is 0 Å². The molecule has 0 aliphatic carbocycles. The molecule has 12 heavy (non-hydrogen) atoms. The van der Waals surface area contributed by atoms with Crippen LogP contribution >= 0.6 is 15.9 Å². The zero-order valence-corrected chi connectivity index (χ0v) is 10.2. The molecular weight excluding hydrogens is 212 g/mol. The van der Waals surface area contributed by atoms with Gasteiger partial charge in [-0.05, 0) is 12.3 Å². The van der Waals surface area contributed by atoms with E-state index >= 15 is 0 Å². The molecule has 0 aromatic rings. The van der Waals surface area contributed by atoms with Gasteiger partial charge in [0.25, 0.3) is 0 Å². The summed E-state index contributed by atoms with van der Waals surface area (Å²) >= 11 is 3.53. The first-order chi connectivity index (χ1) is 5.85. The Morgan fingerprint density at radius 3 is 1.75 bits per heavy atom. The number of hydrogen-bond donors (Lipinski definition) is 0. The molecule has 0 aliphatic heterocycles. The molecule has 0 fully saturated rings. The second-order valence-electron chi connectivity index (χ2n) is 3.63. The minimum atomic E-state index is 0.990. The standard InChI is InChI=1S/C11H23Br/c1-3-5-7-11(9-10-12)8-6-4-2/h11H,3-10H2,1-2H3. The Labute approximate surface area is 86.3 Å². The van der Waals surface area contributed by atoms with Crippen LogP contribution in [0.15, 0.2) is 0 Å². The van der Waals surface area contributed by atoms with Gasteiger partial charge < -0.3 is 0 Å². The quantitative estimate of drug-likeness (QED) is 0.532. The number of unbranched alkanes of at least 4 members (excludes halogenated alkanes) is 2. The van der Waals surface area contributed by atoms with E-state index in [9.17, 15) is 0 Å². The summed E-state index contributed by atoms with van der Waals surface area (Å²) in [5, 5.41) is 1.19. The highest BCUT2D eigenvalue weighted by Crippen LogP contribution is 2.20. The van der Waals surface area contributed by atoms with Crippen LogP contribution in [-0.2, 0) is 0 Å². The van der Waals surface area contributed by atoms with Gasteiger partial charge in [-0.3, -0.25) is 0 Å². The molecule has 0 spiro atoms. The van der Waals surface area contributed by atoms with Crippen molar-refractivity contribution in [2.24, 2.45) is 5.92 Å². The summed E-state index contributed by atoms with van der Waals surface area (Å²) in [7, 11) is 0. The number of rotatable bonds is 8. The van der Waals surface area contributed by atoms with Crippen LogP contribution in [-0.4, -0.2) is 5.33 Å². The maximum absolute atomic E-state index is 3.53. The number of halogens is 1. The predicted molar refractivity (Wildman–Crippen MR) is 61.0 cm³/mol. The first-order valence-electron chi connectivity index (χ1n) is 5.41. The molecule has 74 valence electrons. The lowest BCUT2D eigenvalue weighted by Gasteiger charge is -2.14. The fourth-order valence-corrected chi connectivity index (χ4v) is 2.22. The maximum atomic E-state index is 3.53.